The highest BCUT2D eigenvalue weighted by molar-refractivity contribution is 6.05. The number of anilines is 1. The van der Waals surface area contributed by atoms with E-state index in [2.05, 4.69) is 10.6 Å². The van der Waals surface area contributed by atoms with Gasteiger partial charge in [0.05, 0.1) is 17.2 Å². The largest absolute Gasteiger partial charge is 0.352 e. The van der Waals surface area contributed by atoms with Gasteiger partial charge in [-0.1, -0.05) is 31.2 Å². The lowest BCUT2D eigenvalue weighted by Gasteiger charge is -2.17. The topological polar surface area (TPSA) is 78.5 Å². The number of para-hydroxylation sites is 1. The normalized spacial score (nSPS) is 15.9. The fourth-order valence-electron chi connectivity index (χ4n) is 3.44. The van der Waals surface area contributed by atoms with Gasteiger partial charge in [-0.05, 0) is 42.7 Å². The summed E-state index contributed by atoms with van der Waals surface area (Å²) in [7, 11) is 0. The summed E-state index contributed by atoms with van der Waals surface area (Å²) in [4.78, 5) is 39.1. The fourth-order valence-corrected chi connectivity index (χ4v) is 3.44. The van der Waals surface area contributed by atoms with Crippen molar-refractivity contribution < 1.29 is 18.8 Å². The number of hydrogen-bond acceptors (Lipinski definition) is 3. The van der Waals surface area contributed by atoms with Crippen LogP contribution in [0.4, 0.5) is 10.1 Å². The summed E-state index contributed by atoms with van der Waals surface area (Å²) in [6.45, 7) is 3.33. The Bertz CT molecular complexity index is 914. The second-order valence-corrected chi connectivity index (χ2v) is 7.41. The molecule has 0 aromatic heterocycles. The van der Waals surface area contributed by atoms with Crippen molar-refractivity contribution >= 4 is 23.4 Å². The minimum absolute atomic E-state index is 0.0776. The van der Waals surface area contributed by atoms with Gasteiger partial charge in [-0.2, -0.15) is 0 Å². The van der Waals surface area contributed by atoms with E-state index in [0.29, 0.717) is 37.3 Å². The molecule has 0 saturated carbocycles. The van der Waals surface area contributed by atoms with Crippen LogP contribution in [-0.4, -0.2) is 42.3 Å². The molecule has 0 spiro atoms. The monoisotopic (exact) mass is 411 g/mol. The minimum atomic E-state index is -0.475. The van der Waals surface area contributed by atoms with E-state index >= 15 is 0 Å². The number of nitrogens with one attached hydrogen (secondary N) is 2. The van der Waals surface area contributed by atoms with Gasteiger partial charge in [0.2, 0.25) is 11.8 Å². The number of benzene rings is 2. The first kappa shape index (κ1) is 21.5. The molecule has 0 radical (unpaired) electrons. The lowest BCUT2D eigenvalue weighted by Crippen LogP contribution is -2.30. The molecule has 0 aliphatic carbocycles. The summed E-state index contributed by atoms with van der Waals surface area (Å²) < 4.78 is 13.0. The molecule has 1 atom stereocenters. The summed E-state index contributed by atoms with van der Waals surface area (Å²) in [6, 6.07) is 13.0. The molecule has 6 nitrogen and oxygen atoms in total. The zero-order valence-corrected chi connectivity index (χ0v) is 17.0. The fraction of sp³-hybridized carbons (Fsp3) is 0.348. The zero-order valence-electron chi connectivity index (χ0n) is 17.0. The number of halogens is 1. The Hall–Kier alpha value is -3.22. The van der Waals surface area contributed by atoms with Gasteiger partial charge >= 0.3 is 0 Å². The predicted molar refractivity (Wildman–Crippen MR) is 112 cm³/mol. The molecular formula is C23H26FN3O3. The number of rotatable bonds is 8. The van der Waals surface area contributed by atoms with Crippen LogP contribution in [0.25, 0.3) is 0 Å². The van der Waals surface area contributed by atoms with E-state index in [1.807, 2.05) is 6.92 Å². The molecule has 2 aromatic rings. The summed E-state index contributed by atoms with van der Waals surface area (Å²) >= 11 is 0. The summed E-state index contributed by atoms with van der Waals surface area (Å²) in [5, 5.41) is 5.62. The van der Waals surface area contributed by atoms with Gasteiger partial charge in [-0.3, -0.25) is 14.4 Å². The Kier molecular flexibility index (Phi) is 7.17. The molecule has 158 valence electrons. The van der Waals surface area contributed by atoms with Gasteiger partial charge in [0.15, 0.2) is 0 Å². The summed E-state index contributed by atoms with van der Waals surface area (Å²) in [5.74, 6) is -1.36. The van der Waals surface area contributed by atoms with E-state index in [0.717, 1.165) is 12.0 Å². The first-order chi connectivity index (χ1) is 14.5. The number of amides is 3. The summed E-state index contributed by atoms with van der Waals surface area (Å²) in [6.07, 6.45) is 1.55. The Morgan fingerprint density at radius 3 is 2.60 bits per heavy atom. The number of hydrogen-bond donors (Lipinski definition) is 2. The van der Waals surface area contributed by atoms with Gasteiger partial charge < -0.3 is 15.5 Å². The van der Waals surface area contributed by atoms with E-state index in [1.165, 1.54) is 12.1 Å². The average Bonchev–Trinajstić information content (AvgIpc) is 3.12. The second kappa shape index (κ2) is 10.0. The lowest BCUT2D eigenvalue weighted by molar-refractivity contribution is -0.128. The van der Waals surface area contributed by atoms with Gasteiger partial charge in [-0.15, -0.1) is 0 Å². The van der Waals surface area contributed by atoms with E-state index in [4.69, 9.17) is 0 Å². The minimum Gasteiger partial charge on any atom is -0.352 e. The molecule has 1 aliphatic rings. The molecule has 0 bridgehead atoms. The average molecular weight is 411 g/mol. The van der Waals surface area contributed by atoms with Crippen molar-refractivity contribution in [1.29, 1.82) is 0 Å². The van der Waals surface area contributed by atoms with Crippen LogP contribution >= 0.6 is 0 Å². The molecule has 3 amide bonds. The van der Waals surface area contributed by atoms with E-state index in [9.17, 15) is 18.8 Å². The van der Waals surface area contributed by atoms with Crippen LogP contribution in [0.5, 0.6) is 0 Å². The third-order valence-electron chi connectivity index (χ3n) is 5.13. The first-order valence-corrected chi connectivity index (χ1v) is 10.2. The third kappa shape index (κ3) is 5.43. The van der Waals surface area contributed by atoms with Gasteiger partial charge in [-0.25, -0.2) is 4.39 Å². The Labute approximate surface area is 175 Å². The Morgan fingerprint density at radius 1 is 1.13 bits per heavy atom. The smallest absolute Gasteiger partial charge is 0.253 e. The quantitative estimate of drug-likeness (QED) is 0.701. The molecule has 1 saturated heterocycles. The van der Waals surface area contributed by atoms with Gasteiger partial charge in [0, 0.05) is 26.1 Å². The van der Waals surface area contributed by atoms with Gasteiger partial charge in [0.25, 0.3) is 5.91 Å². The van der Waals surface area contributed by atoms with Crippen LogP contribution in [0.15, 0.2) is 48.5 Å². The molecule has 0 unspecified atom stereocenters. The second-order valence-electron chi connectivity index (χ2n) is 7.41. The van der Waals surface area contributed by atoms with Crippen molar-refractivity contribution in [3.63, 3.8) is 0 Å². The molecule has 2 aromatic carbocycles. The molecule has 1 aliphatic heterocycles. The highest BCUT2D eigenvalue weighted by atomic mass is 19.1. The number of carbonyl (C=O) groups is 3. The first-order valence-electron chi connectivity index (χ1n) is 10.2. The van der Waals surface area contributed by atoms with Crippen LogP contribution < -0.4 is 10.6 Å². The summed E-state index contributed by atoms with van der Waals surface area (Å²) in [5.41, 5.74) is 1.77. The standard InChI is InChI=1S/C23H26FN3O3/c1-2-12-25-23(30)19-5-3-4-6-20(19)26-22(29)17-14-21(28)27(15-17)13-11-16-7-9-18(24)10-8-16/h3-10,17H,2,11-15H2,1H3,(H,25,30)(H,26,29)/t17-/m1/s1. The maximum atomic E-state index is 13.0. The number of carbonyl (C=O) groups excluding carboxylic acids is 3. The maximum Gasteiger partial charge on any atom is 0.253 e. The molecule has 1 fully saturated rings. The van der Waals surface area contributed by atoms with Crippen molar-refractivity contribution in [2.75, 3.05) is 25.0 Å². The van der Waals surface area contributed by atoms with E-state index < -0.39 is 5.92 Å². The zero-order chi connectivity index (χ0) is 21.5. The van der Waals surface area contributed by atoms with E-state index in [1.54, 1.807) is 41.3 Å². The highest BCUT2D eigenvalue weighted by Gasteiger charge is 2.34. The van der Waals surface area contributed by atoms with Crippen LogP contribution in [0.1, 0.15) is 35.7 Å². The Morgan fingerprint density at radius 2 is 1.87 bits per heavy atom. The van der Waals surface area contributed by atoms with Crippen LogP contribution in [0.3, 0.4) is 0 Å². The van der Waals surface area contributed by atoms with Crippen molar-refractivity contribution in [3.8, 4) is 0 Å². The third-order valence-corrected chi connectivity index (χ3v) is 5.13. The van der Waals surface area contributed by atoms with Crippen molar-refractivity contribution in [3.05, 3.63) is 65.5 Å². The van der Waals surface area contributed by atoms with Crippen molar-refractivity contribution in [2.24, 2.45) is 5.92 Å². The lowest BCUT2D eigenvalue weighted by atomic mass is 10.1. The van der Waals surface area contributed by atoms with Crippen LogP contribution in [-0.2, 0) is 16.0 Å². The Balaban J connectivity index is 1.58. The van der Waals surface area contributed by atoms with Crippen LogP contribution in [0, 0.1) is 11.7 Å². The maximum absolute atomic E-state index is 13.0. The van der Waals surface area contributed by atoms with Crippen LogP contribution in [0.2, 0.25) is 0 Å². The molecule has 3 rings (SSSR count). The molecule has 7 heteroatoms. The predicted octanol–water partition coefficient (Wildman–Crippen LogP) is 3.00. The van der Waals surface area contributed by atoms with Crippen molar-refractivity contribution in [1.82, 2.24) is 10.2 Å². The van der Waals surface area contributed by atoms with Crippen molar-refractivity contribution in [2.45, 2.75) is 26.2 Å². The van der Waals surface area contributed by atoms with E-state index in [-0.39, 0.29) is 30.0 Å². The molecule has 2 N–H and O–H groups in total. The molecule has 30 heavy (non-hydrogen) atoms. The number of likely N-dealkylation sites (tertiary alicyclic amines) is 1. The molecule has 1 heterocycles. The SMILES string of the molecule is CCCNC(=O)c1ccccc1NC(=O)[C@@H]1CC(=O)N(CCc2ccc(F)cc2)C1. The number of nitrogens with zero attached hydrogens (tertiary/aromatic N) is 1. The van der Waals surface area contributed by atoms with Gasteiger partial charge in [0.1, 0.15) is 5.82 Å². The molecular weight excluding hydrogens is 385 g/mol. The highest BCUT2D eigenvalue weighted by Crippen LogP contribution is 2.22.